The zero-order valence-corrected chi connectivity index (χ0v) is 10.3. The minimum absolute atomic E-state index is 0.215. The third-order valence-electron chi connectivity index (χ3n) is 3.19. The van der Waals surface area contributed by atoms with Gasteiger partial charge in [-0.1, -0.05) is 0 Å². The molecule has 0 unspecified atom stereocenters. The van der Waals surface area contributed by atoms with Crippen molar-refractivity contribution in [3.63, 3.8) is 0 Å². The summed E-state index contributed by atoms with van der Waals surface area (Å²) in [5.74, 6) is -1.14. The molecule has 1 saturated heterocycles. The quantitative estimate of drug-likeness (QED) is 0.860. The van der Waals surface area contributed by atoms with E-state index >= 15 is 0 Å². The molecule has 0 aromatic carbocycles. The number of piperidine rings is 1. The standard InChI is InChI=1S/C13H16N2O3/c1-9-8-10(5-6-14-9)12(16)15-7-3-2-4-11(15)13(17)18/h5-6,8,11H,2-4,7H2,1H3,(H,17,18)/t11-/m1/s1. The lowest BCUT2D eigenvalue weighted by molar-refractivity contribution is -0.143. The number of amides is 1. The van der Waals surface area contributed by atoms with Gasteiger partial charge < -0.3 is 10.0 Å². The summed E-state index contributed by atoms with van der Waals surface area (Å²) in [7, 11) is 0. The molecular weight excluding hydrogens is 232 g/mol. The highest BCUT2D eigenvalue weighted by Crippen LogP contribution is 2.20. The molecule has 1 aliphatic heterocycles. The first kappa shape index (κ1) is 12.5. The van der Waals surface area contributed by atoms with Crippen LogP contribution >= 0.6 is 0 Å². The van der Waals surface area contributed by atoms with E-state index < -0.39 is 12.0 Å². The number of nitrogens with zero attached hydrogens (tertiary/aromatic N) is 2. The zero-order valence-electron chi connectivity index (χ0n) is 10.3. The molecule has 2 rings (SSSR count). The highest BCUT2D eigenvalue weighted by atomic mass is 16.4. The fourth-order valence-electron chi connectivity index (χ4n) is 2.28. The molecule has 1 atom stereocenters. The number of likely N-dealkylation sites (tertiary alicyclic amines) is 1. The van der Waals surface area contributed by atoms with Crippen LogP contribution in [-0.4, -0.2) is 39.5 Å². The maximum Gasteiger partial charge on any atom is 0.326 e. The van der Waals surface area contributed by atoms with E-state index in [1.54, 1.807) is 18.3 Å². The first-order chi connectivity index (χ1) is 8.59. The molecule has 0 radical (unpaired) electrons. The Hall–Kier alpha value is -1.91. The van der Waals surface area contributed by atoms with Crippen LogP contribution in [0.1, 0.15) is 35.3 Å². The third-order valence-corrected chi connectivity index (χ3v) is 3.19. The molecule has 96 valence electrons. The normalized spacial score (nSPS) is 19.6. The van der Waals surface area contributed by atoms with Crippen LogP contribution in [0, 0.1) is 6.92 Å². The summed E-state index contributed by atoms with van der Waals surface area (Å²) >= 11 is 0. The molecule has 1 fully saturated rings. The number of carboxylic acids is 1. The summed E-state index contributed by atoms with van der Waals surface area (Å²) in [6, 6.07) is 2.62. The molecule has 5 heteroatoms. The van der Waals surface area contributed by atoms with Crippen molar-refractivity contribution in [2.24, 2.45) is 0 Å². The maximum atomic E-state index is 12.3. The first-order valence-corrected chi connectivity index (χ1v) is 6.06. The summed E-state index contributed by atoms with van der Waals surface area (Å²) < 4.78 is 0. The largest absolute Gasteiger partial charge is 0.480 e. The van der Waals surface area contributed by atoms with Crippen LogP contribution in [0.5, 0.6) is 0 Å². The summed E-state index contributed by atoms with van der Waals surface area (Å²) in [6.45, 7) is 2.32. The summed E-state index contributed by atoms with van der Waals surface area (Å²) in [6.07, 6.45) is 3.82. The van der Waals surface area contributed by atoms with Gasteiger partial charge in [0, 0.05) is 24.0 Å². The molecule has 5 nitrogen and oxygen atoms in total. The van der Waals surface area contributed by atoms with E-state index in [0.717, 1.165) is 18.5 Å². The van der Waals surface area contributed by atoms with Gasteiger partial charge in [-0.3, -0.25) is 9.78 Å². The van der Waals surface area contributed by atoms with Crippen molar-refractivity contribution < 1.29 is 14.7 Å². The SMILES string of the molecule is Cc1cc(C(=O)N2CCCC[C@@H]2C(=O)O)ccn1. The van der Waals surface area contributed by atoms with E-state index in [-0.39, 0.29) is 5.91 Å². The van der Waals surface area contributed by atoms with Gasteiger partial charge in [-0.15, -0.1) is 0 Å². The Kier molecular flexibility index (Phi) is 3.60. The second-order valence-corrected chi connectivity index (χ2v) is 4.53. The van der Waals surface area contributed by atoms with Crippen molar-refractivity contribution in [1.82, 2.24) is 9.88 Å². The average molecular weight is 248 g/mol. The zero-order chi connectivity index (χ0) is 13.1. The lowest BCUT2D eigenvalue weighted by Crippen LogP contribution is -2.48. The van der Waals surface area contributed by atoms with Gasteiger partial charge in [0.2, 0.25) is 0 Å². The predicted molar refractivity (Wildman–Crippen MR) is 65.3 cm³/mol. The maximum absolute atomic E-state index is 12.3. The van der Waals surface area contributed by atoms with Gasteiger partial charge in [-0.05, 0) is 38.3 Å². The molecule has 1 aromatic heterocycles. The van der Waals surface area contributed by atoms with E-state index in [4.69, 9.17) is 5.11 Å². The highest BCUT2D eigenvalue weighted by Gasteiger charge is 2.32. The Morgan fingerprint density at radius 2 is 2.22 bits per heavy atom. The molecule has 0 bridgehead atoms. The average Bonchev–Trinajstić information content (AvgIpc) is 2.38. The Labute approximate surface area is 105 Å². The summed E-state index contributed by atoms with van der Waals surface area (Å²) in [5.41, 5.74) is 1.26. The number of carboxylic acid groups (broad SMARTS) is 1. The van der Waals surface area contributed by atoms with Crippen LogP contribution in [0.15, 0.2) is 18.3 Å². The third kappa shape index (κ3) is 2.50. The van der Waals surface area contributed by atoms with Crippen LogP contribution in [0.4, 0.5) is 0 Å². The van der Waals surface area contributed by atoms with Crippen LogP contribution in [-0.2, 0) is 4.79 Å². The number of hydrogen-bond donors (Lipinski definition) is 1. The van der Waals surface area contributed by atoms with Crippen molar-refractivity contribution in [2.75, 3.05) is 6.54 Å². The van der Waals surface area contributed by atoms with Gasteiger partial charge in [0.1, 0.15) is 6.04 Å². The van der Waals surface area contributed by atoms with Gasteiger partial charge in [-0.25, -0.2) is 4.79 Å². The molecule has 1 aromatic rings. The number of aromatic nitrogens is 1. The molecule has 2 heterocycles. The minimum atomic E-state index is -0.922. The second-order valence-electron chi connectivity index (χ2n) is 4.53. The van der Waals surface area contributed by atoms with Crippen molar-refractivity contribution in [3.8, 4) is 0 Å². The van der Waals surface area contributed by atoms with Crippen LogP contribution < -0.4 is 0 Å². The molecule has 0 spiro atoms. The Bertz CT molecular complexity index is 473. The summed E-state index contributed by atoms with van der Waals surface area (Å²) in [5, 5.41) is 9.15. The molecule has 0 saturated carbocycles. The lowest BCUT2D eigenvalue weighted by atomic mass is 10.0. The lowest BCUT2D eigenvalue weighted by Gasteiger charge is -2.33. The van der Waals surface area contributed by atoms with E-state index in [1.807, 2.05) is 6.92 Å². The van der Waals surface area contributed by atoms with E-state index in [9.17, 15) is 9.59 Å². The monoisotopic (exact) mass is 248 g/mol. The van der Waals surface area contributed by atoms with Crippen molar-refractivity contribution in [2.45, 2.75) is 32.2 Å². The number of pyridine rings is 1. The minimum Gasteiger partial charge on any atom is -0.480 e. The topological polar surface area (TPSA) is 70.5 Å². The molecule has 0 aliphatic carbocycles. The van der Waals surface area contributed by atoms with E-state index in [0.29, 0.717) is 18.5 Å². The van der Waals surface area contributed by atoms with Crippen LogP contribution in [0.3, 0.4) is 0 Å². The predicted octanol–water partition coefficient (Wildman–Crippen LogP) is 1.47. The number of hydrogen-bond acceptors (Lipinski definition) is 3. The molecule has 1 N–H and O–H groups in total. The van der Waals surface area contributed by atoms with Crippen LogP contribution in [0.25, 0.3) is 0 Å². The van der Waals surface area contributed by atoms with E-state index in [2.05, 4.69) is 4.98 Å². The van der Waals surface area contributed by atoms with Gasteiger partial charge in [0.15, 0.2) is 0 Å². The number of aryl methyl sites for hydroxylation is 1. The molecule has 1 aliphatic rings. The first-order valence-electron chi connectivity index (χ1n) is 6.06. The number of rotatable bonds is 2. The fourth-order valence-corrected chi connectivity index (χ4v) is 2.28. The van der Waals surface area contributed by atoms with E-state index in [1.165, 1.54) is 4.90 Å². The van der Waals surface area contributed by atoms with Gasteiger partial charge in [0.05, 0.1) is 0 Å². The Balaban J connectivity index is 2.23. The smallest absolute Gasteiger partial charge is 0.326 e. The van der Waals surface area contributed by atoms with Gasteiger partial charge in [0.25, 0.3) is 5.91 Å². The number of aliphatic carboxylic acids is 1. The van der Waals surface area contributed by atoms with Gasteiger partial charge >= 0.3 is 5.97 Å². The Morgan fingerprint density at radius 1 is 1.44 bits per heavy atom. The second kappa shape index (κ2) is 5.16. The number of carbonyl (C=O) groups excluding carboxylic acids is 1. The fraction of sp³-hybridized carbons (Fsp3) is 0.462. The molecule has 1 amide bonds. The molecular formula is C13H16N2O3. The number of carbonyl (C=O) groups is 2. The van der Waals surface area contributed by atoms with Crippen molar-refractivity contribution >= 4 is 11.9 Å². The molecule has 18 heavy (non-hydrogen) atoms. The summed E-state index contributed by atoms with van der Waals surface area (Å²) in [4.78, 5) is 29.0. The Morgan fingerprint density at radius 3 is 2.89 bits per heavy atom. The van der Waals surface area contributed by atoms with Gasteiger partial charge in [-0.2, -0.15) is 0 Å². The van der Waals surface area contributed by atoms with Crippen LogP contribution in [0.2, 0.25) is 0 Å². The highest BCUT2D eigenvalue weighted by molar-refractivity contribution is 5.96. The van der Waals surface area contributed by atoms with Crippen molar-refractivity contribution in [1.29, 1.82) is 0 Å². The van der Waals surface area contributed by atoms with Crippen molar-refractivity contribution in [3.05, 3.63) is 29.6 Å².